The predicted molar refractivity (Wildman–Crippen MR) is 76.6 cm³/mol. The van der Waals surface area contributed by atoms with Crippen molar-refractivity contribution in [3.63, 3.8) is 0 Å². The normalized spacial score (nSPS) is 10.5. The topological polar surface area (TPSA) is 22.0 Å². The third-order valence-electron chi connectivity index (χ3n) is 2.55. The number of aromatic nitrogens is 1. The van der Waals surface area contributed by atoms with Crippen LogP contribution < -0.4 is 0 Å². The van der Waals surface area contributed by atoms with Crippen LogP contribution >= 0.6 is 23.4 Å². The van der Waals surface area contributed by atoms with Crippen LogP contribution in [-0.4, -0.2) is 22.0 Å². The van der Waals surface area contributed by atoms with Gasteiger partial charge in [0.25, 0.3) is 0 Å². The highest BCUT2D eigenvalue weighted by atomic mass is 35.5. The number of nitrogens with zero attached hydrogens (tertiary/aromatic N) is 1. The number of hydrogen-bond donors (Lipinski definition) is 0. The number of Topliss-reactive ketones (excluding diaryl/α,β-unsaturated/α-hetero) is 1. The first-order valence-corrected chi connectivity index (χ1v) is 7.25. The van der Waals surface area contributed by atoms with Gasteiger partial charge < -0.3 is 4.57 Å². The Morgan fingerprint density at radius 1 is 1.17 bits per heavy atom. The number of halogens is 1. The fourth-order valence-corrected chi connectivity index (χ4v) is 2.67. The van der Waals surface area contributed by atoms with Crippen molar-refractivity contribution >= 4 is 29.1 Å². The number of ketones is 1. The summed E-state index contributed by atoms with van der Waals surface area (Å²) >= 11 is 7.26. The van der Waals surface area contributed by atoms with E-state index in [1.54, 1.807) is 11.8 Å². The molecule has 0 bridgehead atoms. The van der Waals surface area contributed by atoms with Gasteiger partial charge in [-0.3, -0.25) is 4.79 Å². The predicted octanol–water partition coefficient (Wildman–Crippen LogP) is 3.70. The molecule has 0 atom stereocenters. The van der Waals surface area contributed by atoms with E-state index in [-0.39, 0.29) is 5.78 Å². The molecule has 0 aliphatic rings. The number of carbonyl (C=O) groups is 1. The van der Waals surface area contributed by atoms with Gasteiger partial charge in [0.1, 0.15) is 0 Å². The lowest BCUT2D eigenvalue weighted by Gasteiger charge is -2.06. The Bertz CT molecular complexity index is 510. The first kappa shape index (κ1) is 13.2. The second-order valence-electron chi connectivity index (χ2n) is 3.80. The Morgan fingerprint density at radius 2 is 1.94 bits per heavy atom. The number of aryl methyl sites for hydroxylation is 1. The van der Waals surface area contributed by atoms with Crippen LogP contribution in [0.25, 0.3) is 0 Å². The van der Waals surface area contributed by atoms with Crippen molar-refractivity contribution in [2.45, 2.75) is 11.4 Å². The molecule has 0 aliphatic heterocycles. The van der Waals surface area contributed by atoms with Gasteiger partial charge in [-0.2, -0.15) is 0 Å². The van der Waals surface area contributed by atoms with E-state index in [0.29, 0.717) is 18.2 Å². The summed E-state index contributed by atoms with van der Waals surface area (Å²) in [5, 5.41) is 0. The standard InChI is InChI=1S/C14H14ClNOS/c15-8-10-16-9-4-7-13(16)14(17)11-18-12-5-2-1-3-6-12/h1-7,9H,8,10-11H2. The molecule has 1 aromatic heterocycles. The molecule has 18 heavy (non-hydrogen) atoms. The highest BCUT2D eigenvalue weighted by Crippen LogP contribution is 2.18. The second kappa shape index (κ2) is 6.66. The van der Waals surface area contributed by atoms with Gasteiger partial charge in [-0.1, -0.05) is 18.2 Å². The minimum atomic E-state index is 0.138. The Balaban J connectivity index is 1.97. The Kier molecular flexibility index (Phi) is 4.90. The number of thioether (sulfide) groups is 1. The average molecular weight is 280 g/mol. The summed E-state index contributed by atoms with van der Waals surface area (Å²) in [6.45, 7) is 0.672. The van der Waals surface area contributed by atoms with Crippen molar-refractivity contribution in [3.05, 3.63) is 54.4 Å². The van der Waals surface area contributed by atoms with Crippen LogP contribution in [-0.2, 0) is 6.54 Å². The monoisotopic (exact) mass is 279 g/mol. The van der Waals surface area contributed by atoms with Crippen LogP contribution in [0.15, 0.2) is 53.6 Å². The zero-order valence-corrected chi connectivity index (χ0v) is 11.5. The van der Waals surface area contributed by atoms with Gasteiger partial charge in [-0.25, -0.2) is 0 Å². The molecule has 0 fully saturated rings. The fourth-order valence-electron chi connectivity index (χ4n) is 1.69. The molecule has 0 saturated carbocycles. The summed E-state index contributed by atoms with van der Waals surface area (Å²) in [5.74, 6) is 1.11. The number of alkyl halides is 1. The van der Waals surface area contributed by atoms with Gasteiger partial charge in [0.15, 0.2) is 5.78 Å². The van der Waals surface area contributed by atoms with Crippen molar-refractivity contribution in [2.75, 3.05) is 11.6 Å². The molecule has 0 unspecified atom stereocenters. The molecule has 0 N–H and O–H groups in total. The third-order valence-corrected chi connectivity index (χ3v) is 3.73. The van der Waals surface area contributed by atoms with Gasteiger partial charge in [-0.05, 0) is 24.3 Å². The molecule has 2 nitrogen and oxygen atoms in total. The summed E-state index contributed by atoms with van der Waals surface area (Å²) in [6.07, 6.45) is 1.89. The van der Waals surface area contributed by atoms with E-state index in [1.807, 2.05) is 53.2 Å². The zero-order valence-electron chi connectivity index (χ0n) is 9.88. The SMILES string of the molecule is O=C(CSc1ccccc1)c1cccn1CCCl. The number of carbonyl (C=O) groups excluding carboxylic acids is 1. The van der Waals surface area contributed by atoms with Crippen LogP contribution in [0.5, 0.6) is 0 Å². The van der Waals surface area contributed by atoms with Crippen molar-refractivity contribution in [2.24, 2.45) is 0 Å². The number of hydrogen-bond acceptors (Lipinski definition) is 2. The summed E-state index contributed by atoms with van der Waals surface area (Å²) < 4.78 is 1.90. The van der Waals surface area contributed by atoms with E-state index in [9.17, 15) is 4.79 Å². The molecule has 2 aromatic rings. The van der Waals surface area contributed by atoms with Gasteiger partial charge in [0.2, 0.25) is 0 Å². The summed E-state index contributed by atoms with van der Waals surface area (Å²) in [7, 11) is 0. The van der Waals surface area contributed by atoms with Crippen molar-refractivity contribution in [3.8, 4) is 0 Å². The van der Waals surface area contributed by atoms with Crippen LogP contribution in [0.2, 0.25) is 0 Å². The number of rotatable bonds is 6. The first-order valence-electron chi connectivity index (χ1n) is 5.73. The smallest absolute Gasteiger partial charge is 0.189 e. The summed E-state index contributed by atoms with van der Waals surface area (Å²) in [6, 6.07) is 13.7. The van der Waals surface area contributed by atoms with E-state index in [1.165, 1.54) is 0 Å². The van der Waals surface area contributed by atoms with Crippen LogP contribution in [0, 0.1) is 0 Å². The fraction of sp³-hybridized carbons (Fsp3) is 0.214. The molecule has 1 heterocycles. The lowest BCUT2D eigenvalue weighted by molar-refractivity contribution is 0.101. The molecule has 2 rings (SSSR count). The van der Waals surface area contributed by atoms with Crippen molar-refractivity contribution in [1.82, 2.24) is 4.57 Å². The molecule has 0 radical (unpaired) electrons. The van der Waals surface area contributed by atoms with Gasteiger partial charge in [0.05, 0.1) is 11.4 Å². The summed E-state index contributed by atoms with van der Waals surface area (Å²) in [5.41, 5.74) is 0.735. The van der Waals surface area contributed by atoms with E-state index < -0.39 is 0 Å². The molecule has 1 aromatic carbocycles. The maximum atomic E-state index is 12.1. The van der Waals surface area contributed by atoms with Crippen LogP contribution in [0.4, 0.5) is 0 Å². The quantitative estimate of drug-likeness (QED) is 0.457. The van der Waals surface area contributed by atoms with E-state index >= 15 is 0 Å². The van der Waals surface area contributed by atoms with Crippen molar-refractivity contribution < 1.29 is 4.79 Å². The lowest BCUT2D eigenvalue weighted by Crippen LogP contribution is -2.11. The maximum Gasteiger partial charge on any atom is 0.189 e. The lowest BCUT2D eigenvalue weighted by atomic mass is 10.3. The molecule has 0 amide bonds. The largest absolute Gasteiger partial charge is 0.344 e. The molecular weight excluding hydrogens is 266 g/mol. The Labute approximate surface area is 116 Å². The van der Waals surface area contributed by atoms with Crippen LogP contribution in [0.3, 0.4) is 0 Å². The Hall–Kier alpha value is -1.19. The average Bonchev–Trinajstić information content (AvgIpc) is 2.86. The minimum absolute atomic E-state index is 0.138. The van der Waals surface area contributed by atoms with E-state index in [0.717, 1.165) is 10.6 Å². The van der Waals surface area contributed by atoms with Gasteiger partial charge >= 0.3 is 0 Å². The van der Waals surface area contributed by atoms with Crippen LogP contribution in [0.1, 0.15) is 10.5 Å². The van der Waals surface area contributed by atoms with Gasteiger partial charge in [0, 0.05) is 23.5 Å². The first-order chi connectivity index (χ1) is 8.81. The number of benzene rings is 1. The van der Waals surface area contributed by atoms with Gasteiger partial charge in [-0.15, -0.1) is 23.4 Å². The summed E-state index contributed by atoms with van der Waals surface area (Å²) in [4.78, 5) is 13.2. The van der Waals surface area contributed by atoms with Crippen molar-refractivity contribution in [1.29, 1.82) is 0 Å². The molecule has 94 valence electrons. The van der Waals surface area contributed by atoms with E-state index in [4.69, 9.17) is 11.6 Å². The molecule has 0 saturated heterocycles. The zero-order chi connectivity index (χ0) is 12.8. The minimum Gasteiger partial charge on any atom is -0.344 e. The molecule has 0 spiro atoms. The highest BCUT2D eigenvalue weighted by Gasteiger charge is 2.10. The Morgan fingerprint density at radius 3 is 2.67 bits per heavy atom. The molecule has 0 aliphatic carbocycles. The maximum absolute atomic E-state index is 12.1. The molecule has 4 heteroatoms. The van der Waals surface area contributed by atoms with E-state index in [2.05, 4.69) is 0 Å². The second-order valence-corrected chi connectivity index (χ2v) is 5.23. The highest BCUT2D eigenvalue weighted by molar-refractivity contribution is 8.00. The molecular formula is C14H14ClNOS. The third kappa shape index (κ3) is 3.40.